The number of likely N-dealkylation sites (N-methyl/N-ethyl adjacent to an activating group) is 1. The van der Waals surface area contributed by atoms with E-state index in [4.69, 9.17) is 10.5 Å². The fourth-order valence-corrected chi connectivity index (χ4v) is 7.79. The van der Waals surface area contributed by atoms with Gasteiger partial charge in [0.05, 0.1) is 30.0 Å². The van der Waals surface area contributed by atoms with E-state index in [1.807, 2.05) is 29.8 Å². The van der Waals surface area contributed by atoms with Gasteiger partial charge in [0, 0.05) is 25.5 Å². The molecular formula is C35H47N5O3. The van der Waals surface area contributed by atoms with Crippen molar-refractivity contribution in [2.75, 3.05) is 44.8 Å². The van der Waals surface area contributed by atoms with Crippen LogP contribution in [0.4, 0.5) is 11.4 Å². The number of carbonyl (C=O) groups excluding carboxylic acids is 2. The first kappa shape index (κ1) is 29.5. The Balaban J connectivity index is 1.17. The highest BCUT2D eigenvalue weighted by molar-refractivity contribution is 6.07. The van der Waals surface area contributed by atoms with Gasteiger partial charge in [-0.25, -0.2) is 0 Å². The van der Waals surface area contributed by atoms with Gasteiger partial charge in [-0.2, -0.15) is 0 Å². The third kappa shape index (κ3) is 5.50. The average molecular weight is 586 g/mol. The number of methoxy groups -OCH3 is 1. The van der Waals surface area contributed by atoms with Gasteiger partial charge in [0.15, 0.2) is 5.75 Å². The third-order valence-electron chi connectivity index (χ3n) is 10.4. The van der Waals surface area contributed by atoms with Gasteiger partial charge in [-0.1, -0.05) is 39.0 Å². The Kier molecular flexibility index (Phi) is 7.69. The number of nitrogens with two attached hydrogens (primary N) is 1. The SMILES string of the molecule is COc1c(N)cc(C(C)(C)C)cc1NC(=O)c1cc2cccc(CC3C4CCN(C(=O)C5CCCN5C)CCC43)c2n1C. The van der Waals surface area contributed by atoms with Gasteiger partial charge in [-0.3, -0.25) is 14.5 Å². The predicted molar refractivity (Wildman–Crippen MR) is 173 cm³/mol. The van der Waals surface area contributed by atoms with E-state index < -0.39 is 0 Å². The molecule has 8 heteroatoms. The standard InChI is InChI=1S/C35H47N5O3/c1-35(2,3)23-19-27(36)32(43-6)28(20-23)37-33(41)30-18-22-10-7-9-21(31(22)39(30)5)17-26-24-12-15-40(16-13-25(24)26)34(42)29-11-8-14-38(29)4/h7,9-10,18-20,24-26,29H,8,11-17,36H2,1-6H3,(H,37,41). The maximum atomic E-state index is 13.7. The lowest BCUT2D eigenvalue weighted by atomic mass is 9.86. The number of nitrogens with one attached hydrogen (secondary N) is 1. The molecule has 3 heterocycles. The summed E-state index contributed by atoms with van der Waals surface area (Å²) in [5.41, 5.74) is 11.3. The van der Waals surface area contributed by atoms with Crippen molar-refractivity contribution in [3.63, 3.8) is 0 Å². The number of rotatable bonds is 6. The van der Waals surface area contributed by atoms with E-state index in [0.29, 0.717) is 46.5 Å². The first-order chi connectivity index (χ1) is 20.5. The van der Waals surface area contributed by atoms with Gasteiger partial charge in [-0.15, -0.1) is 0 Å². The summed E-state index contributed by atoms with van der Waals surface area (Å²) >= 11 is 0. The van der Waals surface area contributed by atoms with Crippen LogP contribution in [0.3, 0.4) is 0 Å². The molecule has 3 atom stereocenters. The van der Waals surface area contributed by atoms with Gasteiger partial charge in [-0.05, 0) is 98.2 Å². The molecule has 2 saturated heterocycles. The molecule has 3 unspecified atom stereocenters. The van der Waals surface area contributed by atoms with Crippen LogP contribution in [0.1, 0.15) is 68.1 Å². The Morgan fingerprint density at radius 1 is 1.02 bits per heavy atom. The lowest BCUT2D eigenvalue weighted by Gasteiger charge is -2.28. The predicted octanol–water partition coefficient (Wildman–Crippen LogP) is 5.44. The molecule has 3 aliphatic rings. The van der Waals surface area contributed by atoms with E-state index in [2.05, 4.69) is 61.1 Å². The second-order valence-corrected chi connectivity index (χ2v) is 14.0. The van der Waals surface area contributed by atoms with Crippen LogP contribution in [0.2, 0.25) is 0 Å². The van der Waals surface area contributed by atoms with E-state index in [-0.39, 0.29) is 17.4 Å². The Bertz CT molecular complexity index is 1540. The molecule has 2 amide bonds. The number of amides is 2. The van der Waals surface area contributed by atoms with Gasteiger partial charge in [0.1, 0.15) is 5.69 Å². The molecule has 1 aliphatic carbocycles. The van der Waals surface area contributed by atoms with Crippen molar-refractivity contribution < 1.29 is 14.3 Å². The van der Waals surface area contributed by atoms with Crippen LogP contribution in [0.5, 0.6) is 5.75 Å². The number of fused-ring (bicyclic) bond motifs is 2. The zero-order valence-electron chi connectivity index (χ0n) is 26.6. The normalized spacial score (nSPS) is 24.1. The molecule has 3 aromatic rings. The number of nitrogen functional groups attached to an aromatic ring is 1. The quantitative estimate of drug-likeness (QED) is 0.376. The number of aromatic nitrogens is 1. The molecule has 6 rings (SSSR count). The van der Waals surface area contributed by atoms with Crippen molar-refractivity contribution in [3.8, 4) is 5.75 Å². The van der Waals surface area contributed by atoms with Crippen LogP contribution in [-0.4, -0.2) is 66.0 Å². The lowest BCUT2D eigenvalue weighted by molar-refractivity contribution is -0.135. The Hall–Kier alpha value is -3.52. The molecule has 0 radical (unpaired) electrons. The summed E-state index contributed by atoms with van der Waals surface area (Å²) in [5.74, 6) is 2.60. The van der Waals surface area contributed by atoms with E-state index in [1.165, 1.54) is 5.56 Å². The molecule has 3 N–H and O–H groups in total. The first-order valence-electron chi connectivity index (χ1n) is 15.8. The molecule has 1 aromatic heterocycles. The average Bonchev–Trinajstić information content (AvgIpc) is 3.31. The van der Waals surface area contributed by atoms with Crippen LogP contribution in [-0.2, 0) is 23.7 Å². The van der Waals surface area contributed by atoms with Crippen molar-refractivity contribution in [2.24, 2.45) is 24.8 Å². The number of ether oxygens (including phenoxy) is 1. The molecule has 3 fully saturated rings. The second kappa shape index (κ2) is 11.2. The minimum absolute atomic E-state index is 0.0763. The topological polar surface area (TPSA) is 92.8 Å². The molecule has 0 bridgehead atoms. The van der Waals surface area contributed by atoms with Crippen LogP contribution < -0.4 is 15.8 Å². The number of aryl methyl sites for hydroxylation is 1. The highest BCUT2D eigenvalue weighted by Crippen LogP contribution is 2.54. The largest absolute Gasteiger partial charge is 0.492 e. The third-order valence-corrected chi connectivity index (χ3v) is 10.4. The van der Waals surface area contributed by atoms with Crippen LogP contribution in [0, 0.1) is 17.8 Å². The van der Waals surface area contributed by atoms with Gasteiger partial charge in [0.25, 0.3) is 5.91 Å². The summed E-state index contributed by atoms with van der Waals surface area (Å²) in [7, 11) is 5.63. The van der Waals surface area contributed by atoms with Crippen molar-refractivity contribution in [3.05, 3.63) is 53.2 Å². The Labute approximate surface area is 255 Å². The summed E-state index contributed by atoms with van der Waals surface area (Å²) in [6.45, 7) is 9.14. The molecular weight excluding hydrogens is 538 g/mol. The number of benzene rings is 2. The minimum atomic E-state index is -0.192. The molecule has 0 spiro atoms. The fraction of sp³-hybridized carbons (Fsp3) is 0.543. The number of para-hydroxylation sites is 1. The van der Waals surface area contributed by atoms with Gasteiger partial charge < -0.3 is 25.3 Å². The second-order valence-electron chi connectivity index (χ2n) is 14.0. The van der Waals surface area contributed by atoms with E-state index >= 15 is 0 Å². The van der Waals surface area contributed by atoms with Crippen molar-refractivity contribution in [1.29, 1.82) is 0 Å². The molecule has 230 valence electrons. The number of nitrogens with zero attached hydrogens (tertiary/aromatic N) is 3. The van der Waals surface area contributed by atoms with Crippen molar-refractivity contribution in [1.82, 2.24) is 14.4 Å². The summed E-state index contributed by atoms with van der Waals surface area (Å²) in [5, 5.41) is 4.16. The number of hydrogen-bond donors (Lipinski definition) is 2. The van der Waals surface area contributed by atoms with Crippen molar-refractivity contribution in [2.45, 2.75) is 64.3 Å². The van der Waals surface area contributed by atoms with Gasteiger partial charge in [0.2, 0.25) is 5.91 Å². The molecule has 8 nitrogen and oxygen atoms in total. The van der Waals surface area contributed by atoms with Crippen LogP contribution in [0.15, 0.2) is 36.4 Å². The maximum Gasteiger partial charge on any atom is 0.272 e. The maximum absolute atomic E-state index is 13.7. The summed E-state index contributed by atoms with van der Waals surface area (Å²) in [6.07, 6.45) is 5.30. The van der Waals surface area contributed by atoms with Gasteiger partial charge >= 0.3 is 0 Å². The minimum Gasteiger partial charge on any atom is -0.492 e. The smallest absolute Gasteiger partial charge is 0.272 e. The fourth-order valence-electron chi connectivity index (χ4n) is 7.79. The molecule has 2 aromatic carbocycles. The summed E-state index contributed by atoms with van der Waals surface area (Å²) in [6, 6.07) is 12.3. The lowest BCUT2D eigenvalue weighted by Crippen LogP contribution is -2.45. The monoisotopic (exact) mass is 585 g/mol. The van der Waals surface area contributed by atoms with E-state index in [0.717, 1.165) is 68.2 Å². The summed E-state index contributed by atoms with van der Waals surface area (Å²) < 4.78 is 7.60. The number of hydrogen-bond acceptors (Lipinski definition) is 5. The van der Waals surface area contributed by atoms with Crippen LogP contribution in [0.25, 0.3) is 10.9 Å². The number of anilines is 2. The molecule has 2 aliphatic heterocycles. The van der Waals surface area contributed by atoms with Crippen molar-refractivity contribution >= 4 is 34.1 Å². The highest BCUT2D eigenvalue weighted by atomic mass is 16.5. The highest BCUT2D eigenvalue weighted by Gasteiger charge is 2.51. The van der Waals surface area contributed by atoms with E-state index in [1.54, 1.807) is 7.11 Å². The number of likely N-dealkylation sites (tertiary alicyclic amines) is 2. The Morgan fingerprint density at radius 2 is 1.74 bits per heavy atom. The molecule has 43 heavy (non-hydrogen) atoms. The zero-order chi connectivity index (χ0) is 30.6. The zero-order valence-corrected chi connectivity index (χ0v) is 26.6. The first-order valence-corrected chi connectivity index (χ1v) is 15.8. The number of carbonyl (C=O) groups is 2. The Morgan fingerprint density at radius 3 is 2.37 bits per heavy atom. The van der Waals surface area contributed by atoms with E-state index in [9.17, 15) is 9.59 Å². The summed E-state index contributed by atoms with van der Waals surface area (Å²) in [4.78, 5) is 31.2. The van der Waals surface area contributed by atoms with Crippen LogP contribution >= 0.6 is 0 Å². The molecule has 1 saturated carbocycles.